The van der Waals surface area contributed by atoms with Gasteiger partial charge in [0.25, 0.3) is 0 Å². The molecule has 0 aromatic carbocycles. The van der Waals surface area contributed by atoms with Crippen LogP contribution in [0.5, 0.6) is 0 Å². The Morgan fingerprint density at radius 1 is 1.29 bits per heavy atom. The smallest absolute Gasteiger partial charge is 0.135 e. The van der Waals surface area contributed by atoms with Crippen molar-refractivity contribution in [2.45, 2.75) is 25.1 Å². The number of aliphatic hydroxyl groups is 1. The highest BCUT2D eigenvalue weighted by Crippen LogP contribution is 2.25. The van der Waals surface area contributed by atoms with Crippen molar-refractivity contribution in [1.29, 1.82) is 0 Å². The zero-order valence-corrected chi connectivity index (χ0v) is 15.7. The van der Waals surface area contributed by atoms with Gasteiger partial charge < -0.3 is 25.1 Å². The Balaban J connectivity index is 1.36. The molecule has 0 bridgehead atoms. The van der Waals surface area contributed by atoms with Crippen molar-refractivity contribution in [3.8, 4) is 11.3 Å². The molecule has 0 radical (unpaired) electrons. The number of pyridine rings is 1. The third kappa shape index (κ3) is 4.13. The largest absolute Gasteiger partial charge is 0.460 e. The van der Waals surface area contributed by atoms with Crippen LogP contribution in [0.15, 0.2) is 53.5 Å². The van der Waals surface area contributed by atoms with E-state index in [1.807, 2.05) is 37.4 Å². The Kier molecular flexibility index (Phi) is 5.50. The standard InChI is InChI=1S/C20H24N6O2/c1-21-19-8-20(25-13-24-19)26-12-16(27)7-15(26)10-23-11-17-4-5-18(28-17)14-3-2-6-22-9-14/h2-6,8-9,13,15-16,23,27H,7,10-12H2,1H3,(H,21,24,25)/t15-,16-/m1/s1. The highest BCUT2D eigenvalue weighted by molar-refractivity contribution is 5.55. The second kappa shape index (κ2) is 8.37. The first-order valence-electron chi connectivity index (χ1n) is 9.37. The lowest BCUT2D eigenvalue weighted by Crippen LogP contribution is -2.38. The fourth-order valence-electron chi connectivity index (χ4n) is 3.51. The molecule has 8 heteroatoms. The van der Waals surface area contributed by atoms with Crippen molar-refractivity contribution in [2.75, 3.05) is 30.4 Å². The van der Waals surface area contributed by atoms with Gasteiger partial charge in [-0.1, -0.05) is 0 Å². The first-order valence-corrected chi connectivity index (χ1v) is 9.37. The summed E-state index contributed by atoms with van der Waals surface area (Å²) >= 11 is 0. The van der Waals surface area contributed by atoms with E-state index in [4.69, 9.17) is 4.42 Å². The lowest BCUT2D eigenvalue weighted by Gasteiger charge is -2.25. The molecule has 3 aromatic rings. The SMILES string of the molecule is CNc1cc(N2C[C@H](O)C[C@@H]2CNCc2ccc(-c3cccnc3)o2)ncn1. The molecule has 3 aromatic heterocycles. The quantitative estimate of drug-likeness (QED) is 0.572. The van der Waals surface area contributed by atoms with Crippen LogP contribution in [0.1, 0.15) is 12.2 Å². The van der Waals surface area contributed by atoms with Gasteiger partial charge in [0.15, 0.2) is 0 Å². The van der Waals surface area contributed by atoms with E-state index in [2.05, 4.69) is 30.5 Å². The van der Waals surface area contributed by atoms with Gasteiger partial charge in [0.2, 0.25) is 0 Å². The molecule has 1 fully saturated rings. The summed E-state index contributed by atoms with van der Waals surface area (Å²) in [5.74, 6) is 3.25. The minimum atomic E-state index is -0.361. The average molecular weight is 380 g/mol. The second-order valence-corrected chi connectivity index (χ2v) is 6.85. The van der Waals surface area contributed by atoms with Crippen LogP contribution in [0.25, 0.3) is 11.3 Å². The summed E-state index contributed by atoms with van der Waals surface area (Å²) in [5.41, 5.74) is 0.961. The van der Waals surface area contributed by atoms with Crippen LogP contribution < -0.4 is 15.5 Å². The van der Waals surface area contributed by atoms with Crippen LogP contribution in [0.2, 0.25) is 0 Å². The van der Waals surface area contributed by atoms with Gasteiger partial charge >= 0.3 is 0 Å². The van der Waals surface area contributed by atoms with Crippen LogP contribution in [0.3, 0.4) is 0 Å². The van der Waals surface area contributed by atoms with Gasteiger partial charge in [-0.25, -0.2) is 9.97 Å². The zero-order valence-electron chi connectivity index (χ0n) is 15.7. The summed E-state index contributed by atoms with van der Waals surface area (Å²) in [4.78, 5) is 14.8. The van der Waals surface area contributed by atoms with Gasteiger partial charge in [0.1, 0.15) is 29.5 Å². The van der Waals surface area contributed by atoms with E-state index in [-0.39, 0.29) is 12.1 Å². The molecular weight excluding hydrogens is 356 g/mol. The minimum Gasteiger partial charge on any atom is -0.460 e. The summed E-state index contributed by atoms with van der Waals surface area (Å²) < 4.78 is 5.90. The lowest BCUT2D eigenvalue weighted by atomic mass is 10.2. The van der Waals surface area contributed by atoms with Crippen molar-refractivity contribution in [1.82, 2.24) is 20.3 Å². The zero-order chi connectivity index (χ0) is 19.3. The number of aromatic nitrogens is 3. The van der Waals surface area contributed by atoms with E-state index >= 15 is 0 Å². The number of furan rings is 1. The summed E-state index contributed by atoms with van der Waals surface area (Å²) in [7, 11) is 1.83. The number of rotatable bonds is 7. The molecular formula is C20H24N6O2. The van der Waals surface area contributed by atoms with Crippen LogP contribution in [-0.2, 0) is 6.54 Å². The molecule has 1 saturated heterocycles. The molecule has 0 amide bonds. The van der Waals surface area contributed by atoms with Gasteiger partial charge in [-0.05, 0) is 30.7 Å². The number of nitrogens with zero attached hydrogens (tertiary/aromatic N) is 4. The number of hydrogen-bond acceptors (Lipinski definition) is 8. The highest BCUT2D eigenvalue weighted by atomic mass is 16.3. The van der Waals surface area contributed by atoms with Crippen molar-refractivity contribution in [3.05, 3.63) is 54.8 Å². The summed E-state index contributed by atoms with van der Waals surface area (Å²) in [6.07, 6.45) is 5.41. The molecule has 4 heterocycles. The molecule has 28 heavy (non-hydrogen) atoms. The lowest BCUT2D eigenvalue weighted by molar-refractivity contribution is 0.194. The molecule has 3 N–H and O–H groups in total. The molecule has 0 saturated carbocycles. The maximum Gasteiger partial charge on any atom is 0.135 e. The number of aliphatic hydroxyl groups excluding tert-OH is 1. The summed E-state index contributed by atoms with van der Waals surface area (Å²) in [5, 5.41) is 16.6. The third-order valence-corrected chi connectivity index (χ3v) is 4.88. The Labute approximate surface area is 163 Å². The monoisotopic (exact) mass is 380 g/mol. The topological polar surface area (TPSA) is 99.3 Å². The fourth-order valence-corrected chi connectivity index (χ4v) is 3.51. The van der Waals surface area contributed by atoms with E-state index in [0.717, 1.165) is 35.3 Å². The number of nitrogens with one attached hydrogen (secondary N) is 2. The first kappa shape index (κ1) is 18.4. The van der Waals surface area contributed by atoms with E-state index < -0.39 is 0 Å². The number of β-amino-alcohol motifs (C(OH)–C–C–N with tert-alkyl or cyclic N) is 1. The molecule has 1 aliphatic heterocycles. The van der Waals surface area contributed by atoms with Gasteiger partial charge in [-0.2, -0.15) is 0 Å². The van der Waals surface area contributed by atoms with Crippen molar-refractivity contribution in [2.24, 2.45) is 0 Å². The molecule has 0 spiro atoms. The van der Waals surface area contributed by atoms with Gasteiger partial charge in [0.05, 0.1) is 12.6 Å². The van der Waals surface area contributed by atoms with E-state index in [1.54, 1.807) is 18.7 Å². The summed E-state index contributed by atoms with van der Waals surface area (Å²) in [6, 6.07) is 9.85. The molecule has 2 atom stereocenters. The molecule has 4 rings (SSSR count). The van der Waals surface area contributed by atoms with Crippen molar-refractivity contribution in [3.63, 3.8) is 0 Å². The second-order valence-electron chi connectivity index (χ2n) is 6.85. The Bertz CT molecular complexity index is 900. The first-order chi connectivity index (χ1) is 13.7. The molecule has 8 nitrogen and oxygen atoms in total. The highest BCUT2D eigenvalue weighted by Gasteiger charge is 2.31. The minimum absolute atomic E-state index is 0.155. The van der Waals surface area contributed by atoms with Gasteiger partial charge in [-0.15, -0.1) is 0 Å². The normalized spacial score (nSPS) is 19.1. The Hall–Kier alpha value is -2.97. The maximum absolute atomic E-state index is 10.2. The Morgan fingerprint density at radius 3 is 3.04 bits per heavy atom. The number of hydrogen-bond donors (Lipinski definition) is 3. The molecule has 0 aliphatic carbocycles. The third-order valence-electron chi connectivity index (χ3n) is 4.88. The summed E-state index contributed by atoms with van der Waals surface area (Å²) in [6.45, 7) is 1.91. The van der Waals surface area contributed by atoms with Crippen molar-refractivity contribution < 1.29 is 9.52 Å². The van der Waals surface area contributed by atoms with Crippen molar-refractivity contribution >= 4 is 11.6 Å². The predicted molar refractivity (Wildman–Crippen MR) is 107 cm³/mol. The van der Waals surface area contributed by atoms with Crippen LogP contribution in [0.4, 0.5) is 11.6 Å². The van der Waals surface area contributed by atoms with Crippen LogP contribution >= 0.6 is 0 Å². The molecule has 146 valence electrons. The van der Waals surface area contributed by atoms with E-state index in [0.29, 0.717) is 19.5 Å². The van der Waals surface area contributed by atoms with E-state index in [1.165, 1.54) is 0 Å². The van der Waals surface area contributed by atoms with Crippen LogP contribution in [0, 0.1) is 0 Å². The Morgan fingerprint density at radius 2 is 2.21 bits per heavy atom. The average Bonchev–Trinajstić information content (AvgIpc) is 3.35. The fraction of sp³-hybridized carbons (Fsp3) is 0.350. The predicted octanol–water partition coefficient (Wildman–Crippen LogP) is 1.90. The maximum atomic E-state index is 10.2. The molecule has 1 aliphatic rings. The number of anilines is 2. The van der Waals surface area contributed by atoms with Crippen LogP contribution in [-0.4, -0.2) is 52.3 Å². The molecule has 0 unspecified atom stereocenters. The van der Waals surface area contributed by atoms with E-state index in [9.17, 15) is 5.11 Å². The van der Waals surface area contributed by atoms with Gasteiger partial charge in [-0.3, -0.25) is 4.98 Å². The van der Waals surface area contributed by atoms with Gasteiger partial charge in [0, 0.05) is 50.2 Å².